The van der Waals surface area contributed by atoms with Crippen molar-refractivity contribution in [1.82, 2.24) is 5.32 Å². The molecule has 1 amide bonds. The van der Waals surface area contributed by atoms with Gasteiger partial charge in [-0.05, 0) is 54.8 Å². The first-order valence-electron chi connectivity index (χ1n) is 9.09. The molecule has 0 radical (unpaired) electrons. The lowest BCUT2D eigenvalue weighted by molar-refractivity contribution is -0.116. The summed E-state index contributed by atoms with van der Waals surface area (Å²) in [6, 6.07) is 11.8. The van der Waals surface area contributed by atoms with E-state index in [4.69, 9.17) is 21.1 Å². The predicted molar refractivity (Wildman–Crippen MR) is 116 cm³/mol. The van der Waals surface area contributed by atoms with E-state index in [0.29, 0.717) is 28.0 Å². The summed E-state index contributed by atoms with van der Waals surface area (Å²) in [5.41, 5.74) is 2.78. The molecule has 0 spiro atoms. The van der Waals surface area contributed by atoms with Gasteiger partial charge in [0.05, 0.1) is 23.6 Å². The molecule has 0 bridgehead atoms. The molecule has 148 valence electrons. The van der Waals surface area contributed by atoms with Crippen molar-refractivity contribution in [2.45, 2.75) is 25.8 Å². The number of carbonyl (C=O) groups excluding carboxylic acids is 1. The Bertz CT molecular complexity index is 884. The van der Waals surface area contributed by atoms with E-state index in [9.17, 15) is 4.79 Å². The number of aryl methyl sites for hydroxylation is 1. The molecule has 0 aromatic heterocycles. The Morgan fingerprint density at radius 3 is 2.64 bits per heavy atom. The maximum atomic E-state index is 12.4. The molecular formula is C21H23ClN2O3S. The van der Waals surface area contributed by atoms with Crippen LogP contribution in [0.4, 0.5) is 5.69 Å². The number of methoxy groups -OCH3 is 1. The van der Waals surface area contributed by atoms with Crippen molar-refractivity contribution in [2.75, 3.05) is 19.0 Å². The van der Waals surface area contributed by atoms with Crippen molar-refractivity contribution in [3.63, 3.8) is 0 Å². The van der Waals surface area contributed by atoms with E-state index in [1.54, 1.807) is 19.3 Å². The minimum Gasteiger partial charge on any atom is -0.493 e. The van der Waals surface area contributed by atoms with Crippen molar-refractivity contribution in [3.8, 4) is 11.5 Å². The summed E-state index contributed by atoms with van der Waals surface area (Å²) in [7, 11) is 1.56. The number of anilines is 1. The monoisotopic (exact) mass is 418 g/mol. The molecule has 28 heavy (non-hydrogen) atoms. The summed E-state index contributed by atoms with van der Waals surface area (Å²) < 4.78 is 10.9. The molecule has 0 aliphatic carbocycles. The van der Waals surface area contributed by atoms with Crippen LogP contribution in [-0.2, 0) is 11.2 Å². The molecule has 3 rings (SSSR count). The average molecular weight is 419 g/mol. The Balaban J connectivity index is 1.75. The molecule has 7 heteroatoms. The molecule has 2 aromatic carbocycles. The minimum absolute atomic E-state index is 0.128. The molecule has 0 unspecified atom stereocenters. The van der Waals surface area contributed by atoms with Crippen molar-refractivity contribution < 1.29 is 14.3 Å². The lowest BCUT2D eigenvalue weighted by atomic mass is 10.1. The molecular weight excluding hydrogens is 396 g/mol. The van der Waals surface area contributed by atoms with Crippen LogP contribution in [-0.4, -0.2) is 25.1 Å². The van der Waals surface area contributed by atoms with Crippen LogP contribution in [0.2, 0.25) is 5.02 Å². The van der Waals surface area contributed by atoms with Crippen LogP contribution < -0.4 is 20.1 Å². The normalized spacial score (nSPS) is 17.5. The number of halogens is 1. The van der Waals surface area contributed by atoms with Crippen molar-refractivity contribution >= 4 is 41.0 Å². The van der Waals surface area contributed by atoms with Gasteiger partial charge in [-0.2, -0.15) is 0 Å². The van der Waals surface area contributed by atoms with Gasteiger partial charge in [0.15, 0.2) is 17.0 Å². The van der Waals surface area contributed by atoms with Crippen molar-refractivity contribution in [1.29, 1.82) is 0 Å². The topological polar surface area (TPSA) is 59.6 Å². The molecule has 5 nitrogen and oxygen atoms in total. The van der Waals surface area contributed by atoms with Gasteiger partial charge < -0.3 is 20.1 Å². The van der Waals surface area contributed by atoms with Gasteiger partial charge in [-0.15, -0.1) is 0 Å². The predicted octanol–water partition coefficient (Wildman–Crippen LogP) is 4.91. The van der Waals surface area contributed by atoms with E-state index in [1.165, 1.54) is 17.3 Å². The molecule has 1 heterocycles. The van der Waals surface area contributed by atoms with Crippen LogP contribution >= 0.6 is 23.4 Å². The van der Waals surface area contributed by atoms with E-state index in [2.05, 4.69) is 29.7 Å². The number of rotatable bonds is 7. The van der Waals surface area contributed by atoms with Crippen molar-refractivity contribution in [3.05, 3.63) is 57.5 Å². The average Bonchev–Trinajstić information content (AvgIpc) is 3.03. The van der Waals surface area contributed by atoms with Crippen LogP contribution in [0.5, 0.6) is 11.5 Å². The second-order valence-corrected chi connectivity index (χ2v) is 7.70. The molecule has 2 aromatic rings. The second kappa shape index (κ2) is 9.26. The van der Waals surface area contributed by atoms with E-state index in [1.807, 2.05) is 25.1 Å². The molecule has 0 saturated carbocycles. The summed E-state index contributed by atoms with van der Waals surface area (Å²) in [6.45, 7) is 4.49. The quantitative estimate of drug-likeness (QED) is 0.625. The fourth-order valence-corrected chi connectivity index (χ4v) is 4.07. The van der Waals surface area contributed by atoms with E-state index in [-0.39, 0.29) is 11.4 Å². The summed E-state index contributed by atoms with van der Waals surface area (Å²) in [4.78, 5) is 13.0. The lowest BCUT2D eigenvalue weighted by Gasteiger charge is -2.13. The summed E-state index contributed by atoms with van der Waals surface area (Å²) in [6.07, 6.45) is 2.79. The Morgan fingerprint density at radius 1 is 1.25 bits per heavy atom. The van der Waals surface area contributed by atoms with Crippen LogP contribution in [0.3, 0.4) is 0 Å². The number of amides is 1. The lowest BCUT2D eigenvalue weighted by Crippen LogP contribution is -2.30. The molecule has 1 aliphatic rings. The van der Waals surface area contributed by atoms with Gasteiger partial charge in [0.1, 0.15) is 0 Å². The molecule has 1 fully saturated rings. The number of nitrogens with one attached hydrogen (secondary N) is 2. The molecule has 1 saturated heterocycles. The number of hydrogen-bond acceptors (Lipinski definition) is 5. The highest BCUT2D eigenvalue weighted by Gasteiger charge is 2.27. The SMILES string of the molecule is CCOc1c(Cl)cc(/C=C2\S[C@H](Nc3ccc(CC)cc3)NC2=O)cc1OC. The molecule has 2 N–H and O–H groups in total. The third-order valence-corrected chi connectivity index (χ3v) is 5.54. The Kier molecular flexibility index (Phi) is 6.75. The maximum Gasteiger partial charge on any atom is 0.260 e. The number of ether oxygens (including phenoxy) is 2. The Hall–Kier alpha value is -2.31. The summed E-state index contributed by atoms with van der Waals surface area (Å²) in [5.74, 6) is 0.916. The van der Waals surface area contributed by atoms with Gasteiger partial charge in [-0.25, -0.2) is 0 Å². The van der Waals surface area contributed by atoms with Gasteiger partial charge >= 0.3 is 0 Å². The first-order chi connectivity index (χ1) is 13.5. The van der Waals surface area contributed by atoms with Gasteiger partial charge in [0, 0.05) is 5.69 Å². The van der Waals surface area contributed by atoms with Gasteiger partial charge in [-0.1, -0.05) is 42.4 Å². The number of carbonyl (C=O) groups is 1. The second-order valence-electron chi connectivity index (χ2n) is 6.14. The zero-order chi connectivity index (χ0) is 20.1. The smallest absolute Gasteiger partial charge is 0.260 e. The first kappa shape index (κ1) is 20.4. The van der Waals surface area contributed by atoms with E-state index < -0.39 is 0 Å². The van der Waals surface area contributed by atoms with Crippen LogP contribution in [0.1, 0.15) is 25.0 Å². The zero-order valence-corrected chi connectivity index (χ0v) is 17.6. The zero-order valence-electron chi connectivity index (χ0n) is 16.0. The van der Waals surface area contributed by atoms with Gasteiger partial charge in [-0.3, -0.25) is 4.79 Å². The van der Waals surface area contributed by atoms with Crippen LogP contribution in [0.25, 0.3) is 6.08 Å². The molecule has 1 atom stereocenters. The summed E-state index contributed by atoms with van der Waals surface area (Å²) >= 11 is 7.75. The Morgan fingerprint density at radius 2 is 2.00 bits per heavy atom. The summed E-state index contributed by atoms with van der Waals surface area (Å²) in [5, 5.41) is 6.70. The Labute approximate surface area is 174 Å². The highest BCUT2D eigenvalue weighted by molar-refractivity contribution is 8.05. The number of thioether (sulfide) groups is 1. The van der Waals surface area contributed by atoms with E-state index in [0.717, 1.165) is 17.7 Å². The number of hydrogen-bond donors (Lipinski definition) is 2. The highest BCUT2D eigenvalue weighted by atomic mass is 35.5. The highest BCUT2D eigenvalue weighted by Crippen LogP contribution is 2.38. The first-order valence-corrected chi connectivity index (χ1v) is 10.3. The third-order valence-electron chi connectivity index (χ3n) is 4.23. The van der Waals surface area contributed by atoms with Crippen LogP contribution in [0.15, 0.2) is 41.3 Å². The van der Waals surface area contributed by atoms with E-state index >= 15 is 0 Å². The van der Waals surface area contributed by atoms with Crippen molar-refractivity contribution in [2.24, 2.45) is 0 Å². The standard InChI is InChI=1S/C21H23ClN2O3S/c1-4-13-6-8-15(9-7-13)23-21-24-20(25)18(28-21)12-14-10-16(22)19(27-5-2)17(11-14)26-3/h6-12,21,23H,4-5H2,1-3H3,(H,24,25)/b18-12-/t21-/m1/s1. The fourth-order valence-electron chi connectivity index (χ4n) is 2.81. The maximum absolute atomic E-state index is 12.4. The molecule has 1 aliphatic heterocycles. The third kappa shape index (κ3) is 4.75. The van der Waals surface area contributed by atoms with Gasteiger partial charge in [0.25, 0.3) is 5.91 Å². The fraction of sp³-hybridized carbons (Fsp3) is 0.286. The largest absolute Gasteiger partial charge is 0.493 e. The van der Waals surface area contributed by atoms with Gasteiger partial charge in [0.2, 0.25) is 0 Å². The van der Waals surface area contributed by atoms with Crippen LogP contribution in [0, 0.1) is 0 Å². The number of benzene rings is 2. The minimum atomic E-state index is -0.230.